The van der Waals surface area contributed by atoms with Gasteiger partial charge in [0.1, 0.15) is 5.75 Å². The molecule has 0 aliphatic rings. The molecule has 2 N–H and O–H groups in total. The third-order valence-electron chi connectivity index (χ3n) is 3.29. The van der Waals surface area contributed by atoms with E-state index in [0.717, 1.165) is 11.3 Å². The molecule has 4 heteroatoms. The van der Waals surface area contributed by atoms with Crippen LogP contribution in [0.1, 0.15) is 28.4 Å². The highest BCUT2D eigenvalue weighted by Gasteiger charge is 2.12. The lowest BCUT2D eigenvalue weighted by molar-refractivity contribution is 0.0925. The summed E-state index contributed by atoms with van der Waals surface area (Å²) in [6.07, 6.45) is 2.49. The Hall–Kier alpha value is -2.59. The van der Waals surface area contributed by atoms with Gasteiger partial charge in [0.25, 0.3) is 5.91 Å². The van der Waals surface area contributed by atoms with Crippen molar-refractivity contribution in [3.63, 3.8) is 0 Å². The summed E-state index contributed by atoms with van der Waals surface area (Å²) < 4.78 is 5.24. The van der Waals surface area contributed by atoms with E-state index in [1.165, 1.54) is 0 Å². The highest BCUT2D eigenvalue weighted by molar-refractivity contribution is 5.93. The highest BCUT2D eigenvalue weighted by atomic mass is 16.5. The number of rotatable bonds is 7. The fourth-order valence-electron chi connectivity index (χ4n) is 2.12. The molecule has 0 aliphatic heterocycles. The smallest absolute Gasteiger partial charge is 0.265 e. The lowest BCUT2D eigenvalue weighted by Crippen LogP contribution is -2.39. The zero-order chi connectivity index (χ0) is 15.8. The number of benzene rings is 2. The molecule has 1 amide bonds. The number of hydrogen-bond donors (Lipinski definition) is 2. The maximum Gasteiger partial charge on any atom is 0.265 e. The largest absolute Gasteiger partial charge is 0.497 e. The SMILES string of the molecule is C=CCC(NNC(=O)c1ccccc1)c1cccc(OC)c1. The molecule has 0 saturated carbocycles. The van der Waals surface area contributed by atoms with Gasteiger partial charge in [-0.3, -0.25) is 10.2 Å². The number of amides is 1. The molecule has 1 unspecified atom stereocenters. The summed E-state index contributed by atoms with van der Waals surface area (Å²) >= 11 is 0. The molecule has 0 aliphatic carbocycles. The van der Waals surface area contributed by atoms with E-state index in [1.54, 1.807) is 19.2 Å². The van der Waals surface area contributed by atoms with Crippen LogP contribution in [0.4, 0.5) is 0 Å². The van der Waals surface area contributed by atoms with Gasteiger partial charge in [0.15, 0.2) is 0 Å². The van der Waals surface area contributed by atoms with Crippen molar-refractivity contribution in [1.82, 2.24) is 10.9 Å². The quantitative estimate of drug-likeness (QED) is 0.609. The number of hydrazine groups is 1. The average molecular weight is 296 g/mol. The van der Waals surface area contributed by atoms with Gasteiger partial charge in [-0.1, -0.05) is 36.4 Å². The molecular weight excluding hydrogens is 276 g/mol. The summed E-state index contributed by atoms with van der Waals surface area (Å²) in [5, 5.41) is 0. The van der Waals surface area contributed by atoms with Crippen molar-refractivity contribution in [2.75, 3.05) is 7.11 Å². The molecule has 2 aromatic rings. The Kier molecular flexibility index (Phi) is 5.74. The Morgan fingerprint density at radius 3 is 2.68 bits per heavy atom. The van der Waals surface area contributed by atoms with Gasteiger partial charge < -0.3 is 4.74 Å². The second-order valence-electron chi connectivity index (χ2n) is 4.82. The Labute approximate surface area is 130 Å². The molecule has 0 spiro atoms. The standard InChI is InChI=1S/C18H20N2O2/c1-3-8-17(15-11-7-12-16(13-15)22-2)19-20-18(21)14-9-5-4-6-10-14/h3-7,9-13,17,19H,1,8H2,2H3,(H,20,21). The first kappa shape index (κ1) is 15.8. The molecular formula is C18H20N2O2. The second-order valence-corrected chi connectivity index (χ2v) is 4.82. The van der Waals surface area contributed by atoms with Crippen LogP contribution in [-0.4, -0.2) is 13.0 Å². The fraction of sp³-hybridized carbons (Fsp3) is 0.167. The van der Waals surface area contributed by atoms with E-state index in [0.29, 0.717) is 12.0 Å². The average Bonchev–Trinajstić information content (AvgIpc) is 2.59. The molecule has 1 atom stereocenters. The van der Waals surface area contributed by atoms with Crippen molar-refractivity contribution >= 4 is 5.91 Å². The van der Waals surface area contributed by atoms with Gasteiger partial charge in [-0.15, -0.1) is 6.58 Å². The van der Waals surface area contributed by atoms with Gasteiger partial charge in [-0.05, 0) is 36.2 Å². The first-order valence-electron chi connectivity index (χ1n) is 7.10. The van der Waals surface area contributed by atoms with Crippen LogP contribution < -0.4 is 15.6 Å². The number of hydrogen-bond acceptors (Lipinski definition) is 3. The van der Waals surface area contributed by atoms with Crippen molar-refractivity contribution < 1.29 is 9.53 Å². The fourth-order valence-corrected chi connectivity index (χ4v) is 2.12. The third kappa shape index (κ3) is 4.20. The number of carbonyl (C=O) groups excluding carboxylic acids is 1. The Morgan fingerprint density at radius 1 is 1.23 bits per heavy atom. The lowest BCUT2D eigenvalue weighted by Gasteiger charge is -2.19. The molecule has 0 bridgehead atoms. The van der Waals surface area contributed by atoms with Gasteiger partial charge in [0.2, 0.25) is 0 Å². The molecule has 114 valence electrons. The number of ether oxygens (including phenoxy) is 1. The number of nitrogens with one attached hydrogen (secondary N) is 2. The van der Waals surface area contributed by atoms with Crippen LogP contribution in [0.15, 0.2) is 67.3 Å². The maximum atomic E-state index is 12.1. The maximum absolute atomic E-state index is 12.1. The van der Waals surface area contributed by atoms with Gasteiger partial charge in [0, 0.05) is 5.56 Å². The molecule has 0 fully saturated rings. The molecule has 0 radical (unpaired) electrons. The van der Waals surface area contributed by atoms with Crippen molar-refractivity contribution in [3.05, 3.63) is 78.4 Å². The van der Waals surface area contributed by atoms with Crippen molar-refractivity contribution in [3.8, 4) is 5.75 Å². The van der Waals surface area contributed by atoms with E-state index in [1.807, 2.05) is 48.5 Å². The molecule has 0 heterocycles. The van der Waals surface area contributed by atoms with Crippen molar-refractivity contribution in [1.29, 1.82) is 0 Å². The molecule has 0 aromatic heterocycles. The van der Waals surface area contributed by atoms with Crippen LogP contribution in [0.25, 0.3) is 0 Å². The van der Waals surface area contributed by atoms with E-state index >= 15 is 0 Å². The molecule has 2 aromatic carbocycles. The van der Waals surface area contributed by atoms with Gasteiger partial charge in [-0.2, -0.15) is 0 Å². The lowest BCUT2D eigenvalue weighted by atomic mass is 10.0. The van der Waals surface area contributed by atoms with E-state index in [4.69, 9.17) is 4.74 Å². The zero-order valence-electron chi connectivity index (χ0n) is 12.6. The molecule has 2 rings (SSSR count). The summed E-state index contributed by atoms with van der Waals surface area (Å²) in [5.41, 5.74) is 7.43. The molecule has 22 heavy (non-hydrogen) atoms. The van der Waals surface area contributed by atoms with Crippen LogP contribution in [0.3, 0.4) is 0 Å². The van der Waals surface area contributed by atoms with Gasteiger partial charge in [0.05, 0.1) is 13.2 Å². The van der Waals surface area contributed by atoms with Crippen LogP contribution in [0.2, 0.25) is 0 Å². The summed E-state index contributed by atoms with van der Waals surface area (Å²) in [6, 6.07) is 16.7. The van der Waals surface area contributed by atoms with Crippen molar-refractivity contribution in [2.45, 2.75) is 12.5 Å². The first-order valence-corrected chi connectivity index (χ1v) is 7.10. The van der Waals surface area contributed by atoms with Crippen LogP contribution in [-0.2, 0) is 0 Å². The minimum atomic E-state index is -0.169. The zero-order valence-corrected chi connectivity index (χ0v) is 12.6. The Balaban J connectivity index is 2.05. The minimum Gasteiger partial charge on any atom is -0.497 e. The Bertz CT molecular complexity index is 626. The van der Waals surface area contributed by atoms with E-state index in [9.17, 15) is 4.79 Å². The number of methoxy groups -OCH3 is 1. The van der Waals surface area contributed by atoms with E-state index in [2.05, 4.69) is 17.4 Å². The summed E-state index contributed by atoms with van der Waals surface area (Å²) in [5.74, 6) is 0.611. The van der Waals surface area contributed by atoms with Crippen molar-refractivity contribution in [2.24, 2.45) is 0 Å². The van der Waals surface area contributed by atoms with Gasteiger partial charge >= 0.3 is 0 Å². The number of carbonyl (C=O) groups is 1. The summed E-state index contributed by atoms with van der Waals surface area (Å²) in [7, 11) is 1.63. The van der Waals surface area contributed by atoms with Crippen LogP contribution in [0, 0.1) is 0 Å². The minimum absolute atomic E-state index is 0.0692. The molecule has 0 saturated heterocycles. The first-order chi connectivity index (χ1) is 10.7. The van der Waals surface area contributed by atoms with Crippen LogP contribution >= 0.6 is 0 Å². The van der Waals surface area contributed by atoms with Gasteiger partial charge in [-0.25, -0.2) is 5.43 Å². The molecule has 4 nitrogen and oxygen atoms in total. The predicted octanol–water partition coefficient (Wildman–Crippen LogP) is 3.25. The third-order valence-corrected chi connectivity index (χ3v) is 3.29. The topological polar surface area (TPSA) is 50.4 Å². The normalized spacial score (nSPS) is 11.5. The summed E-state index contributed by atoms with van der Waals surface area (Å²) in [4.78, 5) is 12.1. The monoisotopic (exact) mass is 296 g/mol. The summed E-state index contributed by atoms with van der Waals surface area (Å²) in [6.45, 7) is 3.77. The predicted molar refractivity (Wildman–Crippen MR) is 87.6 cm³/mol. The van der Waals surface area contributed by atoms with E-state index in [-0.39, 0.29) is 11.9 Å². The second kappa shape index (κ2) is 8.00. The van der Waals surface area contributed by atoms with Crippen LogP contribution in [0.5, 0.6) is 5.75 Å². The highest BCUT2D eigenvalue weighted by Crippen LogP contribution is 2.21. The Morgan fingerprint density at radius 2 is 2.00 bits per heavy atom. The van der Waals surface area contributed by atoms with E-state index < -0.39 is 0 Å².